The van der Waals surface area contributed by atoms with Crippen LogP contribution < -0.4 is 5.73 Å². The molecule has 0 radical (unpaired) electrons. The van der Waals surface area contributed by atoms with Crippen molar-refractivity contribution in [2.45, 2.75) is 45.7 Å². The highest BCUT2D eigenvalue weighted by molar-refractivity contribution is 14.0. The maximum Gasteiger partial charge on any atom is 0.191 e. The molecule has 0 aliphatic carbocycles. The van der Waals surface area contributed by atoms with Gasteiger partial charge in [0.1, 0.15) is 0 Å². The van der Waals surface area contributed by atoms with Crippen molar-refractivity contribution in [1.82, 2.24) is 14.7 Å². The van der Waals surface area contributed by atoms with Gasteiger partial charge < -0.3 is 15.5 Å². The van der Waals surface area contributed by atoms with Crippen LogP contribution >= 0.6 is 24.0 Å². The molecule has 6 heteroatoms. The van der Waals surface area contributed by atoms with Crippen LogP contribution in [0, 0.1) is 0 Å². The van der Waals surface area contributed by atoms with E-state index in [1.807, 2.05) is 0 Å². The fourth-order valence-corrected chi connectivity index (χ4v) is 3.94. The van der Waals surface area contributed by atoms with Crippen LogP contribution in [0.1, 0.15) is 43.7 Å². The quantitative estimate of drug-likeness (QED) is 0.396. The van der Waals surface area contributed by atoms with Gasteiger partial charge in [0, 0.05) is 45.8 Å². The van der Waals surface area contributed by atoms with Crippen LogP contribution in [0.5, 0.6) is 0 Å². The average molecular weight is 485 g/mol. The lowest BCUT2D eigenvalue weighted by Gasteiger charge is -2.34. The molecule has 2 saturated heterocycles. The Kier molecular flexibility index (Phi) is 9.86. The Morgan fingerprint density at radius 3 is 2.11 bits per heavy atom. The summed E-state index contributed by atoms with van der Waals surface area (Å²) >= 11 is 0. The first-order valence-corrected chi connectivity index (χ1v) is 10.3. The van der Waals surface area contributed by atoms with E-state index in [-0.39, 0.29) is 24.0 Å². The Hall–Kier alpha value is -0.860. The minimum Gasteiger partial charge on any atom is -0.370 e. The Bertz CT molecular complexity index is 576. The second-order valence-electron chi connectivity index (χ2n) is 7.55. The summed E-state index contributed by atoms with van der Waals surface area (Å²) in [4.78, 5) is 12.1. The zero-order valence-electron chi connectivity index (χ0n) is 16.8. The molecule has 0 saturated carbocycles. The Morgan fingerprint density at radius 1 is 0.889 bits per heavy atom. The topological polar surface area (TPSA) is 48.1 Å². The molecule has 2 N–H and O–H groups in total. The SMILES string of the molecule is CCN1CCN(Cc2ccccc2CN=C(N)N2CCCCCC2)CC1.I. The predicted molar refractivity (Wildman–Crippen MR) is 125 cm³/mol. The number of nitrogens with two attached hydrogens (primary N) is 1. The third kappa shape index (κ3) is 6.91. The summed E-state index contributed by atoms with van der Waals surface area (Å²) in [5.41, 5.74) is 8.99. The van der Waals surface area contributed by atoms with Crippen molar-refractivity contribution in [3.63, 3.8) is 0 Å². The molecule has 0 spiro atoms. The van der Waals surface area contributed by atoms with Crippen LogP contribution in [0.3, 0.4) is 0 Å². The molecule has 2 aliphatic rings. The van der Waals surface area contributed by atoms with E-state index in [4.69, 9.17) is 10.7 Å². The van der Waals surface area contributed by atoms with E-state index in [0.29, 0.717) is 6.54 Å². The standard InChI is InChI=1S/C21H35N5.HI/c1-2-24-13-15-25(16-14-24)18-20-10-6-5-9-19(20)17-23-21(22)26-11-7-3-4-8-12-26;/h5-6,9-10H,2-4,7-8,11-18H2,1H3,(H2,22,23);1H. The van der Waals surface area contributed by atoms with Gasteiger partial charge >= 0.3 is 0 Å². The number of guanidine groups is 1. The van der Waals surface area contributed by atoms with Gasteiger partial charge in [-0.2, -0.15) is 0 Å². The summed E-state index contributed by atoms with van der Waals surface area (Å²) in [5, 5.41) is 0. The van der Waals surface area contributed by atoms with Crippen molar-refractivity contribution in [3.05, 3.63) is 35.4 Å². The minimum absolute atomic E-state index is 0. The molecule has 3 rings (SSSR count). The maximum atomic E-state index is 6.29. The maximum absolute atomic E-state index is 6.29. The first-order chi connectivity index (χ1) is 12.8. The molecular formula is C21H36IN5. The smallest absolute Gasteiger partial charge is 0.191 e. The summed E-state index contributed by atoms with van der Waals surface area (Å²) in [6.07, 6.45) is 5.10. The van der Waals surface area contributed by atoms with Gasteiger partial charge in [-0.1, -0.05) is 44.0 Å². The number of aliphatic imine (C=N–C) groups is 1. The minimum atomic E-state index is 0. The molecule has 0 aromatic heterocycles. The fourth-order valence-electron chi connectivity index (χ4n) is 3.94. The van der Waals surface area contributed by atoms with Gasteiger partial charge in [-0.25, -0.2) is 4.99 Å². The molecular weight excluding hydrogens is 449 g/mol. The van der Waals surface area contributed by atoms with E-state index >= 15 is 0 Å². The molecule has 0 bridgehead atoms. The van der Waals surface area contributed by atoms with Crippen molar-refractivity contribution >= 4 is 29.9 Å². The third-order valence-electron chi connectivity index (χ3n) is 5.77. The molecule has 0 unspecified atom stereocenters. The highest BCUT2D eigenvalue weighted by atomic mass is 127. The van der Waals surface area contributed by atoms with E-state index in [2.05, 4.69) is 45.9 Å². The molecule has 5 nitrogen and oxygen atoms in total. The van der Waals surface area contributed by atoms with Crippen molar-refractivity contribution in [3.8, 4) is 0 Å². The molecule has 0 amide bonds. The van der Waals surface area contributed by atoms with Crippen LogP contribution in [-0.2, 0) is 13.1 Å². The zero-order chi connectivity index (χ0) is 18.2. The van der Waals surface area contributed by atoms with Gasteiger partial charge in [0.05, 0.1) is 6.54 Å². The molecule has 0 atom stereocenters. The lowest BCUT2D eigenvalue weighted by Crippen LogP contribution is -2.45. The van der Waals surface area contributed by atoms with Crippen LogP contribution in [0.4, 0.5) is 0 Å². The van der Waals surface area contributed by atoms with E-state index in [0.717, 1.165) is 45.2 Å². The van der Waals surface area contributed by atoms with Crippen LogP contribution in [0.2, 0.25) is 0 Å². The number of likely N-dealkylation sites (N-methyl/N-ethyl adjacent to an activating group) is 1. The Morgan fingerprint density at radius 2 is 1.48 bits per heavy atom. The molecule has 152 valence electrons. The lowest BCUT2D eigenvalue weighted by atomic mass is 10.1. The number of likely N-dealkylation sites (tertiary alicyclic amines) is 1. The first kappa shape index (κ1) is 22.4. The molecule has 2 heterocycles. The summed E-state index contributed by atoms with van der Waals surface area (Å²) < 4.78 is 0. The highest BCUT2D eigenvalue weighted by Crippen LogP contribution is 2.15. The van der Waals surface area contributed by atoms with E-state index in [1.165, 1.54) is 49.9 Å². The van der Waals surface area contributed by atoms with Gasteiger partial charge in [-0.15, -0.1) is 24.0 Å². The lowest BCUT2D eigenvalue weighted by molar-refractivity contribution is 0.131. The molecule has 2 fully saturated rings. The summed E-state index contributed by atoms with van der Waals surface area (Å²) in [6.45, 7) is 11.9. The fraction of sp³-hybridized carbons (Fsp3) is 0.667. The van der Waals surface area contributed by atoms with Gasteiger partial charge in [0.25, 0.3) is 0 Å². The summed E-state index contributed by atoms with van der Waals surface area (Å²) in [5.74, 6) is 0.721. The van der Waals surface area contributed by atoms with Gasteiger partial charge in [-0.05, 0) is 30.5 Å². The van der Waals surface area contributed by atoms with Crippen molar-refractivity contribution < 1.29 is 0 Å². The van der Waals surface area contributed by atoms with E-state index < -0.39 is 0 Å². The third-order valence-corrected chi connectivity index (χ3v) is 5.77. The van der Waals surface area contributed by atoms with Gasteiger partial charge in [-0.3, -0.25) is 4.90 Å². The Labute approximate surface area is 182 Å². The zero-order valence-corrected chi connectivity index (χ0v) is 19.1. The first-order valence-electron chi connectivity index (χ1n) is 10.3. The largest absolute Gasteiger partial charge is 0.370 e. The van der Waals surface area contributed by atoms with Crippen LogP contribution in [-0.4, -0.2) is 66.5 Å². The van der Waals surface area contributed by atoms with Crippen molar-refractivity contribution in [2.75, 3.05) is 45.8 Å². The number of halogens is 1. The van der Waals surface area contributed by atoms with Crippen LogP contribution in [0.25, 0.3) is 0 Å². The number of nitrogens with zero attached hydrogens (tertiary/aromatic N) is 4. The number of benzene rings is 1. The summed E-state index contributed by atoms with van der Waals surface area (Å²) in [6, 6.07) is 8.71. The van der Waals surface area contributed by atoms with Gasteiger partial charge in [0.2, 0.25) is 0 Å². The van der Waals surface area contributed by atoms with Crippen molar-refractivity contribution in [1.29, 1.82) is 0 Å². The normalized spacial score (nSPS) is 20.2. The highest BCUT2D eigenvalue weighted by Gasteiger charge is 2.16. The molecule has 2 aliphatic heterocycles. The summed E-state index contributed by atoms with van der Waals surface area (Å²) in [7, 11) is 0. The molecule has 27 heavy (non-hydrogen) atoms. The Balaban J connectivity index is 0.00000261. The predicted octanol–water partition coefficient (Wildman–Crippen LogP) is 3.13. The van der Waals surface area contributed by atoms with Crippen molar-refractivity contribution in [2.24, 2.45) is 10.7 Å². The molecule has 1 aromatic rings. The van der Waals surface area contributed by atoms with E-state index in [1.54, 1.807) is 0 Å². The number of hydrogen-bond acceptors (Lipinski definition) is 3. The van der Waals surface area contributed by atoms with Crippen LogP contribution in [0.15, 0.2) is 29.3 Å². The second kappa shape index (κ2) is 11.9. The number of hydrogen-bond donors (Lipinski definition) is 1. The van der Waals surface area contributed by atoms with Gasteiger partial charge in [0.15, 0.2) is 5.96 Å². The number of rotatable bonds is 5. The number of piperazine rings is 1. The molecule has 1 aromatic carbocycles. The second-order valence-corrected chi connectivity index (χ2v) is 7.55. The average Bonchev–Trinajstić information content (AvgIpc) is 2.97. The van der Waals surface area contributed by atoms with E-state index in [9.17, 15) is 0 Å². The monoisotopic (exact) mass is 485 g/mol.